The fraction of sp³-hybridized carbons (Fsp3) is 0.417. The second kappa shape index (κ2) is 6.29. The Labute approximate surface area is 111 Å². The van der Waals surface area contributed by atoms with Gasteiger partial charge in [0.2, 0.25) is 0 Å². The van der Waals surface area contributed by atoms with Crippen LogP contribution in [0.25, 0.3) is 0 Å². The predicted octanol–water partition coefficient (Wildman–Crippen LogP) is 0.677. The third-order valence-electron chi connectivity index (χ3n) is 2.48. The molecule has 1 unspecified atom stereocenters. The molecular formula is C12H14N2O4S. The number of sulfone groups is 1. The first-order chi connectivity index (χ1) is 8.89. The summed E-state index contributed by atoms with van der Waals surface area (Å²) in [6.07, 6.45) is 1.42. The van der Waals surface area contributed by atoms with E-state index >= 15 is 0 Å². The number of rotatable bonds is 5. The molecule has 0 radical (unpaired) electrons. The number of nitrogens with zero attached hydrogens (tertiary/aromatic N) is 2. The fourth-order valence-electron chi connectivity index (χ4n) is 1.60. The maximum atomic E-state index is 12.0. The van der Waals surface area contributed by atoms with Gasteiger partial charge in [-0.05, 0) is 6.07 Å². The molecule has 0 fully saturated rings. The van der Waals surface area contributed by atoms with Crippen molar-refractivity contribution >= 4 is 15.8 Å². The molecular weight excluding hydrogens is 268 g/mol. The number of ether oxygens (including phenoxy) is 1. The highest BCUT2D eigenvalue weighted by atomic mass is 32.2. The summed E-state index contributed by atoms with van der Waals surface area (Å²) in [6.45, 7) is 1.48. The number of esters is 1. The van der Waals surface area contributed by atoms with Crippen molar-refractivity contribution < 1.29 is 17.9 Å². The molecule has 0 saturated heterocycles. The number of carbonyl (C=O) groups excluding carboxylic acids is 1. The van der Waals surface area contributed by atoms with Gasteiger partial charge in [-0.25, -0.2) is 13.4 Å². The van der Waals surface area contributed by atoms with Gasteiger partial charge < -0.3 is 4.74 Å². The summed E-state index contributed by atoms with van der Waals surface area (Å²) in [4.78, 5) is 15.0. The second-order valence-corrected chi connectivity index (χ2v) is 6.21. The molecule has 0 N–H and O–H groups in total. The summed E-state index contributed by atoms with van der Waals surface area (Å²) in [5.74, 6) is -1.95. The Hall–Kier alpha value is -1.94. The van der Waals surface area contributed by atoms with Gasteiger partial charge in [-0.3, -0.25) is 4.79 Å². The average molecular weight is 282 g/mol. The summed E-state index contributed by atoms with van der Waals surface area (Å²) in [5.41, 5.74) is 0.416. The van der Waals surface area contributed by atoms with Gasteiger partial charge in [0.1, 0.15) is 11.8 Å². The van der Waals surface area contributed by atoms with Crippen LogP contribution >= 0.6 is 0 Å². The maximum absolute atomic E-state index is 12.0. The Morgan fingerprint density at radius 1 is 1.58 bits per heavy atom. The molecule has 0 saturated carbocycles. The first-order valence-corrected chi connectivity index (χ1v) is 7.34. The lowest BCUT2D eigenvalue weighted by molar-refractivity contribution is -0.144. The number of nitriles is 1. The first-order valence-electron chi connectivity index (χ1n) is 5.52. The van der Waals surface area contributed by atoms with Crippen molar-refractivity contribution in [2.24, 2.45) is 5.92 Å². The molecule has 0 aliphatic carbocycles. The molecule has 0 amide bonds. The van der Waals surface area contributed by atoms with Gasteiger partial charge in [-0.15, -0.1) is 0 Å². The van der Waals surface area contributed by atoms with E-state index in [0.717, 1.165) is 0 Å². The molecule has 1 aromatic rings. The largest absolute Gasteiger partial charge is 0.469 e. The number of carbonyl (C=O) groups is 1. The highest BCUT2D eigenvalue weighted by molar-refractivity contribution is 7.90. The van der Waals surface area contributed by atoms with Crippen LogP contribution in [0.5, 0.6) is 0 Å². The van der Waals surface area contributed by atoms with E-state index in [-0.39, 0.29) is 17.2 Å². The molecule has 102 valence electrons. The lowest BCUT2D eigenvalue weighted by Gasteiger charge is -2.10. The summed E-state index contributed by atoms with van der Waals surface area (Å²) in [7, 11) is -2.30. The molecule has 1 heterocycles. The Kier molecular flexibility index (Phi) is 5.01. The molecule has 6 nitrogen and oxygen atoms in total. The number of hydrogen-bond acceptors (Lipinski definition) is 6. The lowest BCUT2D eigenvalue weighted by Crippen LogP contribution is -2.23. The van der Waals surface area contributed by atoms with E-state index in [4.69, 9.17) is 5.26 Å². The van der Waals surface area contributed by atoms with Crippen LogP contribution in [0.2, 0.25) is 0 Å². The van der Waals surface area contributed by atoms with Crippen molar-refractivity contribution in [1.29, 1.82) is 5.26 Å². The third-order valence-corrected chi connectivity index (χ3v) is 4.24. The second-order valence-electron chi connectivity index (χ2n) is 4.10. The summed E-state index contributed by atoms with van der Waals surface area (Å²) in [6, 6.07) is 4.94. The summed E-state index contributed by atoms with van der Waals surface area (Å²) in [5, 5.41) is 8.84. The highest BCUT2D eigenvalue weighted by Gasteiger charge is 2.23. The van der Waals surface area contributed by atoms with Gasteiger partial charge in [0.05, 0.1) is 24.5 Å². The van der Waals surface area contributed by atoms with Crippen molar-refractivity contribution in [1.82, 2.24) is 4.98 Å². The van der Waals surface area contributed by atoms with Crippen LogP contribution in [0.15, 0.2) is 18.3 Å². The molecule has 1 atom stereocenters. The van der Waals surface area contributed by atoms with E-state index in [1.54, 1.807) is 6.07 Å². The van der Waals surface area contributed by atoms with Crippen LogP contribution in [0, 0.1) is 17.2 Å². The summed E-state index contributed by atoms with van der Waals surface area (Å²) < 4.78 is 28.4. The van der Waals surface area contributed by atoms with Crippen molar-refractivity contribution in [3.8, 4) is 6.07 Å². The molecule has 1 rings (SSSR count). The topological polar surface area (TPSA) is 97.1 Å². The number of aromatic nitrogens is 1. The smallest absolute Gasteiger partial charge is 0.309 e. The van der Waals surface area contributed by atoms with Crippen LogP contribution < -0.4 is 0 Å². The zero-order valence-corrected chi connectivity index (χ0v) is 11.5. The zero-order chi connectivity index (χ0) is 14.5. The molecule has 0 bridgehead atoms. The van der Waals surface area contributed by atoms with E-state index in [1.807, 2.05) is 6.07 Å². The maximum Gasteiger partial charge on any atom is 0.309 e. The summed E-state index contributed by atoms with van der Waals surface area (Å²) >= 11 is 0. The van der Waals surface area contributed by atoms with Gasteiger partial charge in [0.25, 0.3) is 0 Å². The Balaban J connectivity index is 2.86. The molecule has 0 aromatic carbocycles. The van der Waals surface area contributed by atoms with Crippen LogP contribution in [-0.4, -0.2) is 32.2 Å². The zero-order valence-electron chi connectivity index (χ0n) is 10.7. The van der Waals surface area contributed by atoms with Crippen LogP contribution in [0.4, 0.5) is 0 Å². The van der Waals surface area contributed by atoms with Crippen molar-refractivity contribution in [3.63, 3.8) is 0 Å². The normalized spacial score (nSPS) is 12.5. The van der Waals surface area contributed by atoms with Gasteiger partial charge in [-0.2, -0.15) is 5.26 Å². The van der Waals surface area contributed by atoms with Crippen LogP contribution in [0.1, 0.15) is 18.2 Å². The number of methoxy groups -OCH3 is 1. The Morgan fingerprint density at radius 3 is 2.84 bits per heavy atom. The number of pyridine rings is 1. The van der Waals surface area contributed by atoms with Crippen LogP contribution in [-0.2, 0) is 25.1 Å². The molecule has 0 aliphatic rings. The quantitative estimate of drug-likeness (QED) is 0.736. The van der Waals surface area contributed by atoms with Gasteiger partial charge in [0, 0.05) is 11.8 Å². The van der Waals surface area contributed by atoms with Crippen molar-refractivity contribution in [2.45, 2.75) is 12.7 Å². The third kappa shape index (κ3) is 4.34. The molecule has 1 aromatic heterocycles. The molecule has 0 spiro atoms. The fourth-order valence-corrected chi connectivity index (χ4v) is 3.32. The Morgan fingerprint density at radius 2 is 2.26 bits per heavy atom. The lowest BCUT2D eigenvalue weighted by atomic mass is 10.2. The highest BCUT2D eigenvalue weighted by Crippen LogP contribution is 2.13. The van der Waals surface area contributed by atoms with E-state index in [2.05, 4.69) is 9.72 Å². The van der Waals surface area contributed by atoms with Crippen molar-refractivity contribution in [3.05, 3.63) is 29.6 Å². The SMILES string of the molecule is COC(=O)C(C)CS(=O)(=O)Cc1cccnc1C#N. The van der Waals surface area contributed by atoms with E-state index in [0.29, 0.717) is 5.56 Å². The predicted molar refractivity (Wildman–Crippen MR) is 67.6 cm³/mol. The molecule has 0 aliphatic heterocycles. The van der Waals surface area contributed by atoms with Crippen LogP contribution in [0.3, 0.4) is 0 Å². The molecule has 19 heavy (non-hydrogen) atoms. The minimum absolute atomic E-state index is 0.0804. The monoisotopic (exact) mass is 282 g/mol. The Bertz CT molecular complexity index is 604. The standard InChI is InChI=1S/C12H14N2O4S/c1-9(12(15)18-2)7-19(16,17)8-10-4-3-5-14-11(10)6-13/h3-5,9H,7-8H2,1-2H3. The van der Waals surface area contributed by atoms with E-state index < -0.39 is 21.7 Å². The number of hydrogen-bond donors (Lipinski definition) is 0. The average Bonchev–Trinajstić information content (AvgIpc) is 2.37. The van der Waals surface area contributed by atoms with Gasteiger partial charge in [0.15, 0.2) is 9.84 Å². The van der Waals surface area contributed by atoms with E-state index in [1.165, 1.54) is 26.3 Å². The van der Waals surface area contributed by atoms with Crippen molar-refractivity contribution in [2.75, 3.05) is 12.9 Å². The van der Waals surface area contributed by atoms with Gasteiger partial charge >= 0.3 is 5.97 Å². The van der Waals surface area contributed by atoms with E-state index in [9.17, 15) is 13.2 Å². The minimum Gasteiger partial charge on any atom is -0.469 e. The molecule has 7 heteroatoms. The minimum atomic E-state index is -3.51. The first kappa shape index (κ1) is 15.1. The van der Waals surface area contributed by atoms with Gasteiger partial charge in [-0.1, -0.05) is 13.0 Å².